The van der Waals surface area contributed by atoms with E-state index in [9.17, 15) is 0 Å². The van der Waals surface area contributed by atoms with E-state index < -0.39 is 0 Å². The molecule has 0 saturated heterocycles. The van der Waals surface area contributed by atoms with Gasteiger partial charge in [0.15, 0.2) is 0 Å². The third kappa shape index (κ3) is 4.98. The first kappa shape index (κ1) is 23.2. The van der Waals surface area contributed by atoms with Crippen LogP contribution < -0.4 is 9.64 Å². The summed E-state index contributed by atoms with van der Waals surface area (Å²) in [6.07, 6.45) is 12.9. The highest BCUT2D eigenvalue weighted by molar-refractivity contribution is 6.25. The number of methoxy groups -OCH3 is 1. The van der Waals surface area contributed by atoms with Crippen LogP contribution >= 0.6 is 0 Å². The number of rotatable bonds is 8. The first-order valence-corrected chi connectivity index (χ1v) is 11.0. The second kappa shape index (κ2) is 10.3. The first-order valence-electron chi connectivity index (χ1n) is 11.0. The summed E-state index contributed by atoms with van der Waals surface area (Å²) in [5.41, 5.74) is 4.21. The minimum Gasteiger partial charge on any atom is -0.497 e. The molecular weight excluding hydrogens is 435 g/mol. The summed E-state index contributed by atoms with van der Waals surface area (Å²) in [4.78, 5) is 15.3. The predicted octanol–water partition coefficient (Wildman–Crippen LogP) is 4.60. The van der Waals surface area contributed by atoms with Gasteiger partial charge >= 0.3 is 0 Å². The lowest BCUT2D eigenvalue weighted by atomic mass is 10.1. The average Bonchev–Trinajstić information content (AvgIpc) is 3.53. The van der Waals surface area contributed by atoms with Crippen LogP contribution in [0.1, 0.15) is 30.9 Å². The van der Waals surface area contributed by atoms with E-state index in [0.717, 1.165) is 16.8 Å². The zero-order valence-electron chi connectivity index (χ0n) is 19.7. The number of oxazole rings is 1. The quantitative estimate of drug-likeness (QED) is 0.489. The lowest BCUT2D eigenvalue weighted by Crippen LogP contribution is -2.25. The van der Waals surface area contributed by atoms with E-state index in [2.05, 4.69) is 15.1 Å². The summed E-state index contributed by atoms with van der Waals surface area (Å²) in [5.74, 6) is 0.725. The Morgan fingerprint density at radius 2 is 2.18 bits per heavy atom. The summed E-state index contributed by atoms with van der Waals surface area (Å²) in [7, 11) is 3.43. The zero-order chi connectivity index (χ0) is 24.1. The Kier molecular flexibility index (Phi) is 7.01. The molecule has 8 nitrogen and oxygen atoms in total. The number of allylic oxidation sites excluding steroid dienone is 3. The van der Waals surface area contributed by atoms with Gasteiger partial charge in [-0.3, -0.25) is 14.7 Å². The van der Waals surface area contributed by atoms with Crippen LogP contribution in [0.4, 0.5) is 10.1 Å². The van der Waals surface area contributed by atoms with Gasteiger partial charge in [-0.25, -0.2) is 9.37 Å². The monoisotopic (exact) mass is 462 g/mol. The second-order valence-electron chi connectivity index (χ2n) is 7.72. The van der Waals surface area contributed by atoms with Crippen molar-refractivity contribution in [2.75, 3.05) is 18.7 Å². The van der Waals surface area contributed by atoms with E-state index in [0.29, 0.717) is 35.0 Å². The number of ether oxygens (including phenoxy) is 1. The van der Waals surface area contributed by atoms with E-state index in [4.69, 9.17) is 14.1 Å². The number of hydrogen-bond donors (Lipinski definition) is 0. The normalized spacial score (nSPS) is 15.7. The molecule has 0 atom stereocenters. The Morgan fingerprint density at radius 1 is 1.32 bits per heavy atom. The molecule has 0 saturated carbocycles. The minimum absolute atomic E-state index is 0.161. The van der Waals surface area contributed by atoms with Crippen molar-refractivity contribution in [2.24, 2.45) is 17.0 Å². The zero-order valence-corrected chi connectivity index (χ0v) is 19.7. The van der Waals surface area contributed by atoms with Gasteiger partial charge in [0, 0.05) is 36.7 Å². The Hall–Kier alpha value is -4.01. The van der Waals surface area contributed by atoms with E-state index in [-0.39, 0.29) is 19.0 Å². The number of nitrogens with zero attached hydrogens (tertiary/aromatic N) is 6. The number of anilines is 1. The molecule has 0 aliphatic carbocycles. The molecule has 0 N–H and O–H groups in total. The van der Waals surface area contributed by atoms with Crippen molar-refractivity contribution in [3.63, 3.8) is 0 Å². The van der Waals surface area contributed by atoms with Crippen molar-refractivity contribution in [1.82, 2.24) is 14.8 Å². The smallest absolute Gasteiger partial charge is 0.213 e. The third-order valence-corrected chi connectivity index (χ3v) is 5.49. The molecule has 0 spiro atoms. The Balaban J connectivity index is 1.72. The van der Waals surface area contributed by atoms with Gasteiger partial charge in [-0.15, -0.1) is 0 Å². The predicted molar refractivity (Wildman–Crippen MR) is 131 cm³/mol. The fraction of sp³-hybridized carbons (Fsp3) is 0.280. The second-order valence-corrected chi connectivity index (χ2v) is 7.72. The molecule has 2 aromatic heterocycles. The number of aryl methyl sites for hydroxylation is 2. The number of halogens is 1. The summed E-state index contributed by atoms with van der Waals surface area (Å²) < 4.78 is 28.0. The maximum atomic E-state index is 15.4. The molecule has 0 amide bonds. The van der Waals surface area contributed by atoms with Crippen molar-refractivity contribution in [2.45, 2.75) is 26.8 Å². The topological polar surface area (TPSA) is 81.0 Å². The van der Waals surface area contributed by atoms with Crippen LogP contribution in [0, 0.1) is 5.82 Å². The molecule has 1 aliphatic rings. The maximum Gasteiger partial charge on any atom is 0.213 e. The summed E-state index contributed by atoms with van der Waals surface area (Å²) in [6, 6.07) is 3.38. The van der Waals surface area contributed by atoms with Gasteiger partial charge in [-0.2, -0.15) is 5.10 Å². The van der Waals surface area contributed by atoms with Crippen LogP contribution in [-0.2, 0) is 20.0 Å². The molecule has 3 heterocycles. The largest absolute Gasteiger partial charge is 0.497 e. The van der Waals surface area contributed by atoms with Crippen LogP contribution in [0.5, 0.6) is 5.75 Å². The van der Waals surface area contributed by atoms with Crippen LogP contribution in [0.25, 0.3) is 5.57 Å². The molecule has 3 aromatic rings. The van der Waals surface area contributed by atoms with E-state index in [1.165, 1.54) is 6.26 Å². The van der Waals surface area contributed by atoms with Gasteiger partial charge in [0.2, 0.25) is 5.89 Å². The molecule has 34 heavy (non-hydrogen) atoms. The van der Waals surface area contributed by atoms with Crippen LogP contribution in [0.15, 0.2) is 69.2 Å². The third-order valence-electron chi connectivity index (χ3n) is 5.49. The molecule has 0 unspecified atom stereocenters. The number of aromatic nitrogens is 3. The molecule has 1 aliphatic heterocycles. The lowest BCUT2D eigenvalue weighted by molar-refractivity contribution is 0.412. The average molecular weight is 463 g/mol. The number of aliphatic imine (C=N–C) groups is 2. The molecule has 0 bridgehead atoms. The van der Waals surface area contributed by atoms with E-state index >= 15 is 4.39 Å². The highest BCUT2D eigenvalue weighted by atomic mass is 19.1. The Bertz CT molecular complexity index is 1270. The molecule has 176 valence electrons. The lowest BCUT2D eigenvalue weighted by Gasteiger charge is -2.24. The van der Waals surface area contributed by atoms with Gasteiger partial charge in [0.25, 0.3) is 0 Å². The SMILES string of the molecule is C/C=C1/N=CC(c2cnn(C)c2)=CC1=NCN(Cc1ncco1)c1cc(OC)cc(CC)c1F. The van der Waals surface area contributed by atoms with E-state index in [1.807, 2.05) is 39.2 Å². The van der Waals surface area contributed by atoms with E-state index in [1.54, 1.807) is 47.4 Å². The molecule has 9 heteroatoms. The summed E-state index contributed by atoms with van der Waals surface area (Å²) >= 11 is 0. The summed E-state index contributed by atoms with van der Waals surface area (Å²) in [6.45, 7) is 4.22. The summed E-state index contributed by atoms with van der Waals surface area (Å²) in [5, 5.41) is 4.23. The van der Waals surface area contributed by atoms with Gasteiger partial charge in [-0.1, -0.05) is 13.0 Å². The first-order chi connectivity index (χ1) is 16.5. The Labute approximate surface area is 197 Å². The Morgan fingerprint density at radius 3 is 2.82 bits per heavy atom. The van der Waals surface area contributed by atoms with Crippen molar-refractivity contribution in [3.05, 3.63) is 77.7 Å². The highest BCUT2D eigenvalue weighted by Crippen LogP contribution is 2.30. The fourth-order valence-corrected chi connectivity index (χ4v) is 3.65. The van der Waals surface area contributed by atoms with Crippen molar-refractivity contribution in [3.8, 4) is 5.75 Å². The van der Waals surface area contributed by atoms with Crippen molar-refractivity contribution >= 4 is 23.2 Å². The molecule has 0 fully saturated rings. The minimum atomic E-state index is -0.311. The van der Waals surface area contributed by atoms with Gasteiger partial charge in [0.1, 0.15) is 24.5 Å². The van der Waals surface area contributed by atoms with Crippen molar-refractivity contribution in [1.29, 1.82) is 0 Å². The number of hydrogen-bond acceptors (Lipinski definition) is 7. The van der Waals surface area contributed by atoms with Crippen LogP contribution in [0.3, 0.4) is 0 Å². The number of dihydropyridines is 1. The fourth-order valence-electron chi connectivity index (χ4n) is 3.65. The molecular formula is C25H27FN6O2. The highest BCUT2D eigenvalue weighted by Gasteiger charge is 2.19. The van der Waals surface area contributed by atoms with Crippen LogP contribution in [-0.4, -0.2) is 40.5 Å². The molecule has 1 aromatic carbocycles. The van der Waals surface area contributed by atoms with Crippen molar-refractivity contribution < 1.29 is 13.5 Å². The maximum absolute atomic E-state index is 15.4. The van der Waals surface area contributed by atoms with Crippen LogP contribution in [0.2, 0.25) is 0 Å². The van der Waals surface area contributed by atoms with Gasteiger partial charge < -0.3 is 14.1 Å². The standard InChI is InChI=1S/C25H27FN6O2/c1-5-17-9-20(33-4)11-23(25(17)26)32(15-24-27-7-8-34-24)16-29-22-10-18(12-28-21(22)6-2)19-13-30-31(3)14-19/h6-14H,5,15-16H2,1-4H3/b21-6+,29-22?. The van der Waals surface area contributed by atoms with Gasteiger partial charge in [0.05, 0.1) is 43.1 Å². The molecule has 0 radical (unpaired) electrons. The van der Waals surface area contributed by atoms with Gasteiger partial charge in [-0.05, 0) is 31.1 Å². The molecule has 4 rings (SSSR count). The number of benzene rings is 1.